The summed E-state index contributed by atoms with van der Waals surface area (Å²) in [4.78, 5) is 2.52. The highest BCUT2D eigenvalue weighted by Gasteiger charge is 2.23. The van der Waals surface area contributed by atoms with Crippen molar-refractivity contribution < 1.29 is 5.11 Å². The fourth-order valence-corrected chi connectivity index (χ4v) is 1.99. The average Bonchev–Trinajstić information content (AvgIpc) is 2.52. The first-order chi connectivity index (χ1) is 6.59. The summed E-state index contributed by atoms with van der Waals surface area (Å²) in [6.07, 6.45) is 1.07. The number of aliphatic hydroxyl groups excluding tert-OH is 1. The van der Waals surface area contributed by atoms with Crippen LogP contribution in [0.1, 0.15) is 27.2 Å². The van der Waals surface area contributed by atoms with Crippen molar-refractivity contribution in [2.75, 3.05) is 26.2 Å². The molecule has 0 aliphatic carbocycles. The molecule has 0 spiro atoms. The first-order valence-corrected chi connectivity index (χ1v) is 5.72. The Bertz CT molecular complexity index is 159. The van der Waals surface area contributed by atoms with E-state index in [1.807, 2.05) is 6.92 Å². The van der Waals surface area contributed by atoms with E-state index in [1.165, 1.54) is 19.5 Å². The minimum atomic E-state index is -0.224. The molecule has 84 valence electrons. The maximum absolute atomic E-state index is 9.09. The summed E-state index contributed by atoms with van der Waals surface area (Å²) in [6, 6.07) is 0.678. The number of likely N-dealkylation sites (tertiary alicyclic amines) is 1. The Labute approximate surface area is 87.5 Å². The van der Waals surface area contributed by atoms with E-state index in [1.54, 1.807) is 0 Å². The van der Waals surface area contributed by atoms with Gasteiger partial charge in [-0.1, -0.05) is 0 Å². The van der Waals surface area contributed by atoms with Crippen LogP contribution in [0.15, 0.2) is 0 Å². The third kappa shape index (κ3) is 3.95. The molecule has 1 heterocycles. The lowest BCUT2D eigenvalue weighted by Gasteiger charge is -2.20. The molecule has 1 fully saturated rings. The van der Waals surface area contributed by atoms with Gasteiger partial charge in [-0.25, -0.2) is 0 Å². The summed E-state index contributed by atoms with van der Waals surface area (Å²) in [5.74, 6) is 0.774. The fraction of sp³-hybridized carbons (Fsp3) is 1.00. The summed E-state index contributed by atoms with van der Waals surface area (Å²) < 4.78 is 0. The van der Waals surface area contributed by atoms with Crippen LogP contribution in [-0.4, -0.2) is 48.3 Å². The molecular formula is C11H24N2O. The molecule has 1 rings (SSSR count). The van der Waals surface area contributed by atoms with Crippen molar-refractivity contribution in [2.45, 2.75) is 39.3 Å². The molecule has 3 nitrogen and oxygen atoms in total. The Kier molecular flexibility index (Phi) is 4.85. The van der Waals surface area contributed by atoms with E-state index in [4.69, 9.17) is 5.11 Å². The first kappa shape index (κ1) is 12.0. The molecule has 0 aromatic rings. The van der Waals surface area contributed by atoms with Gasteiger partial charge in [0.05, 0.1) is 6.10 Å². The van der Waals surface area contributed by atoms with Gasteiger partial charge in [0.2, 0.25) is 0 Å². The van der Waals surface area contributed by atoms with Crippen LogP contribution in [0, 0.1) is 5.92 Å². The molecular weight excluding hydrogens is 176 g/mol. The van der Waals surface area contributed by atoms with E-state index in [0.29, 0.717) is 6.04 Å². The third-order valence-electron chi connectivity index (χ3n) is 2.92. The number of nitrogens with one attached hydrogen (secondary N) is 1. The molecule has 2 N–H and O–H groups in total. The Hall–Kier alpha value is -0.120. The lowest BCUT2D eigenvalue weighted by Crippen LogP contribution is -2.32. The molecule has 2 atom stereocenters. The fourth-order valence-electron chi connectivity index (χ4n) is 1.99. The van der Waals surface area contributed by atoms with E-state index in [2.05, 4.69) is 24.1 Å². The highest BCUT2D eigenvalue weighted by atomic mass is 16.3. The van der Waals surface area contributed by atoms with Gasteiger partial charge in [0, 0.05) is 19.1 Å². The second-order valence-corrected chi connectivity index (χ2v) is 4.75. The van der Waals surface area contributed by atoms with Gasteiger partial charge >= 0.3 is 0 Å². The number of aliphatic hydroxyl groups is 1. The molecule has 0 aromatic heterocycles. The predicted octanol–water partition coefficient (Wildman–Crippen LogP) is 0.687. The van der Waals surface area contributed by atoms with Crippen LogP contribution in [0.2, 0.25) is 0 Å². The smallest absolute Gasteiger partial charge is 0.0636 e. The molecule has 0 bridgehead atoms. The van der Waals surface area contributed by atoms with Gasteiger partial charge < -0.3 is 15.3 Å². The quantitative estimate of drug-likeness (QED) is 0.685. The second kappa shape index (κ2) is 5.69. The Morgan fingerprint density at radius 1 is 1.43 bits per heavy atom. The Morgan fingerprint density at radius 2 is 2.14 bits per heavy atom. The second-order valence-electron chi connectivity index (χ2n) is 4.75. The normalized spacial score (nSPS) is 25.9. The van der Waals surface area contributed by atoms with Crippen LogP contribution in [0.25, 0.3) is 0 Å². The zero-order valence-corrected chi connectivity index (χ0v) is 9.66. The van der Waals surface area contributed by atoms with E-state index in [0.717, 1.165) is 19.0 Å². The Morgan fingerprint density at radius 3 is 2.64 bits per heavy atom. The van der Waals surface area contributed by atoms with Crippen molar-refractivity contribution in [3.05, 3.63) is 0 Å². The van der Waals surface area contributed by atoms with Crippen LogP contribution in [-0.2, 0) is 0 Å². The standard InChI is InChI=1S/C11H24N2O/c1-9(2)13-5-4-11(8-13)7-12-6-10(3)14/h9-12,14H,4-8H2,1-3H3. The van der Waals surface area contributed by atoms with Crippen LogP contribution < -0.4 is 5.32 Å². The molecule has 1 aliphatic rings. The van der Waals surface area contributed by atoms with E-state index >= 15 is 0 Å². The summed E-state index contributed by atoms with van der Waals surface area (Å²) in [5, 5.41) is 12.4. The van der Waals surface area contributed by atoms with Crippen molar-refractivity contribution in [2.24, 2.45) is 5.92 Å². The summed E-state index contributed by atoms with van der Waals surface area (Å²) in [7, 11) is 0. The van der Waals surface area contributed by atoms with Gasteiger partial charge in [-0.2, -0.15) is 0 Å². The Balaban J connectivity index is 2.10. The monoisotopic (exact) mass is 200 g/mol. The molecule has 0 aromatic carbocycles. The number of nitrogens with zero attached hydrogens (tertiary/aromatic N) is 1. The van der Waals surface area contributed by atoms with Gasteiger partial charge in [-0.3, -0.25) is 0 Å². The minimum absolute atomic E-state index is 0.224. The molecule has 3 heteroatoms. The third-order valence-corrected chi connectivity index (χ3v) is 2.92. The lowest BCUT2D eigenvalue weighted by molar-refractivity contribution is 0.188. The summed E-state index contributed by atoms with van der Waals surface area (Å²) >= 11 is 0. The maximum atomic E-state index is 9.09. The molecule has 1 saturated heterocycles. The van der Waals surface area contributed by atoms with Gasteiger partial charge in [0.1, 0.15) is 0 Å². The maximum Gasteiger partial charge on any atom is 0.0636 e. The molecule has 0 saturated carbocycles. The van der Waals surface area contributed by atoms with Crippen LogP contribution in [0.3, 0.4) is 0 Å². The summed E-state index contributed by atoms with van der Waals surface area (Å²) in [5.41, 5.74) is 0. The van der Waals surface area contributed by atoms with Crippen LogP contribution in [0.4, 0.5) is 0 Å². The van der Waals surface area contributed by atoms with Crippen molar-refractivity contribution in [1.29, 1.82) is 0 Å². The van der Waals surface area contributed by atoms with E-state index in [9.17, 15) is 0 Å². The molecule has 14 heavy (non-hydrogen) atoms. The zero-order valence-electron chi connectivity index (χ0n) is 9.66. The molecule has 2 unspecified atom stereocenters. The van der Waals surface area contributed by atoms with Crippen molar-refractivity contribution in [1.82, 2.24) is 10.2 Å². The lowest BCUT2D eigenvalue weighted by atomic mass is 10.1. The van der Waals surface area contributed by atoms with Gasteiger partial charge in [-0.05, 0) is 46.2 Å². The topological polar surface area (TPSA) is 35.5 Å². The van der Waals surface area contributed by atoms with Crippen molar-refractivity contribution in [3.8, 4) is 0 Å². The zero-order chi connectivity index (χ0) is 10.6. The highest BCUT2D eigenvalue weighted by Crippen LogP contribution is 2.17. The van der Waals surface area contributed by atoms with E-state index in [-0.39, 0.29) is 6.10 Å². The number of hydrogen-bond donors (Lipinski definition) is 2. The molecule has 0 amide bonds. The minimum Gasteiger partial charge on any atom is -0.392 e. The van der Waals surface area contributed by atoms with Crippen molar-refractivity contribution >= 4 is 0 Å². The van der Waals surface area contributed by atoms with Gasteiger partial charge in [0.15, 0.2) is 0 Å². The van der Waals surface area contributed by atoms with Crippen LogP contribution >= 0.6 is 0 Å². The average molecular weight is 200 g/mol. The van der Waals surface area contributed by atoms with Gasteiger partial charge in [0.25, 0.3) is 0 Å². The van der Waals surface area contributed by atoms with Crippen LogP contribution in [0.5, 0.6) is 0 Å². The number of rotatable bonds is 5. The van der Waals surface area contributed by atoms with Crippen molar-refractivity contribution in [3.63, 3.8) is 0 Å². The number of hydrogen-bond acceptors (Lipinski definition) is 3. The van der Waals surface area contributed by atoms with Gasteiger partial charge in [-0.15, -0.1) is 0 Å². The SMILES string of the molecule is CC(O)CNCC1CCN(C(C)C)C1. The molecule has 0 radical (unpaired) electrons. The highest BCUT2D eigenvalue weighted by molar-refractivity contribution is 4.79. The van der Waals surface area contributed by atoms with E-state index < -0.39 is 0 Å². The molecule has 1 aliphatic heterocycles. The largest absolute Gasteiger partial charge is 0.392 e. The summed E-state index contributed by atoms with van der Waals surface area (Å²) in [6.45, 7) is 10.6. The first-order valence-electron chi connectivity index (χ1n) is 5.72. The predicted molar refractivity (Wildman–Crippen MR) is 59.4 cm³/mol.